The summed E-state index contributed by atoms with van der Waals surface area (Å²) in [5.41, 5.74) is 3.97. The van der Waals surface area contributed by atoms with Crippen LogP contribution in [0.1, 0.15) is 12.5 Å². The van der Waals surface area contributed by atoms with Gasteiger partial charge in [-0.2, -0.15) is 0 Å². The van der Waals surface area contributed by atoms with Gasteiger partial charge in [-0.3, -0.25) is 4.79 Å². The fourth-order valence-electron chi connectivity index (χ4n) is 2.32. The number of thioether (sulfide) groups is 1. The van der Waals surface area contributed by atoms with Crippen LogP contribution in [0.15, 0.2) is 71.8 Å². The van der Waals surface area contributed by atoms with Crippen LogP contribution < -0.4 is 5.32 Å². The first-order valence-electron chi connectivity index (χ1n) is 8.15. The van der Waals surface area contributed by atoms with E-state index in [2.05, 4.69) is 46.7 Å². The number of rotatable bonds is 6. The van der Waals surface area contributed by atoms with Crippen LogP contribution in [0.4, 0.5) is 5.69 Å². The van der Waals surface area contributed by atoms with E-state index in [0.717, 1.165) is 28.4 Å². The highest BCUT2D eigenvalue weighted by molar-refractivity contribution is 7.99. The largest absolute Gasteiger partial charge is 0.325 e. The third kappa shape index (κ3) is 4.90. The van der Waals surface area contributed by atoms with Crippen LogP contribution in [-0.2, 0) is 11.2 Å². The molecule has 1 heterocycles. The summed E-state index contributed by atoms with van der Waals surface area (Å²) in [5.74, 6) is 0.242. The summed E-state index contributed by atoms with van der Waals surface area (Å²) in [6, 6.07) is 21.6. The quantitative estimate of drug-likeness (QED) is 0.669. The van der Waals surface area contributed by atoms with Crippen LogP contribution in [0.5, 0.6) is 0 Å². The lowest BCUT2D eigenvalue weighted by molar-refractivity contribution is -0.113. The number of nitrogens with one attached hydrogen (secondary N) is 1. The Hall–Kier alpha value is -2.66. The van der Waals surface area contributed by atoms with E-state index in [-0.39, 0.29) is 5.91 Å². The number of anilines is 1. The first kappa shape index (κ1) is 17.2. The molecule has 0 aliphatic carbocycles. The molecule has 0 radical (unpaired) electrons. The molecule has 1 amide bonds. The molecule has 1 N–H and O–H groups in total. The van der Waals surface area contributed by atoms with E-state index in [9.17, 15) is 4.79 Å². The number of hydrogen-bond acceptors (Lipinski definition) is 4. The standard InChI is InChI=1S/C20H19N3OS/c1-2-15-8-10-16(11-9-15)18-12-13-20(23-22-18)25-14-19(24)21-17-6-4-3-5-7-17/h3-13H,2,14H2,1H3,(H,21,24). The highest BCUT2D eigenvalue weighted by atomic mass is 32.2. The predicted molar refractivity (Wildman–Crippen MR) is 103 cm³/mol. The molecule has 0 spiro atoms. The van der Waals surface area contributed by atoms with Crippen molar-refractivity contribution in [3.63, 3.8) is 0 Å². The summed E-state index contributed by atoms with van der Waals surface area (Å²) in [4.78, 5) is 12.0. The number of para-hydroxylation sites is 1. The molecular weight excluding hydrogens is 330 g/mol. The number of amides is 1. The van der Waals surface area contributed by atoms with Gasteiger partial charge >= 0.3 is 0 Å². The molecule has 0 unspecified atom stereocenters. The lowest BCUT2D eigenvalue weighted by Crippen LogP contribution is -2.13. The zero-order valence-corrected chi connectivity index (χ0v) is 14.8. The number of nitrogens with zero attached hydrogens (tertiary/aromatic N) is 2. The van der Waals surface area contributed by atoms with Crippen molar-refractivity contribution in [3.05, 3.63) is 72.3 Å². The van der Waals surface area contributed by atoms with E-state index in [1.165, 1.54) is 17.3 Å². The van der Waals surface area contributed by atoms with E-state index >= 15 is 0 Å². The second kappa shape index (κ2) is 8.44. The van der Waals surface area contributed by atoms with E-state index in [1.54, 1.807) is 0 Å². The van der Waals surface area contributed by atoms with Crippen molar-refractivity contribution in [1.82, 2.24) is 10.2 Å². The highest BCUT2D eigenvalue weighted by Crippen LogP contribution is 2.20. The average molecular weight is 349 g/mol. The maximum absolute atomic E-state index is 12.0. The maximum atomic E-state index is 12.0. The number of hydrogen-bond donors (Lipinski definition) is 1. The molecule has 5 heteroatoms. The van der Waals surface area contributed by atoms with E-state index in [0.29, 0.717) is 5.75 Å². The minimum absolute atomic E-state index is 0.0581. The summed E-state index contributed by atoms with van der Waals surface area (Å²) in [6.45, 7) is 2.13. The first-order valence-corrected chi connectivity index (χ1v) is 9.14. The molecule has 0 atom stereocenters. The fourth-order valence-corrected chi connectivity index (χ4v) is 2.93. The predicted octanol–water partition coefficient (Wildman–Crippen LogP) is 4.44. The van der Waals surface area contributed by atoms with Crippen LogP contribution in [0.25, 0.3) is 11.3 Å². The van der Waals surface area contributed by atoms with Gasteiger partial charge in [0.1, 0.15) is 5.03 Å². The Balaban J connectivity index is 1.56. The third-order valence-corrected chi connectivity index (χ3v) is 4.63. The number of aryl methyl sites for hydroxylation is 1. The number of aromatic nitrogens is 2. The molecule has 2 aromatic carbocycles. The smallest absolute Gasteiger partial charge is 0.234 e. The van der Waals surface area contributed by atoms with Gasteiger partial charge in [0.05, 0.1) is 11.4 Å². The Morgan fingerprint density at radius 2 is 1.72 bits per heavy atom. The molecule has 3 rings (SSSR count). The summed E-state index contributed by atoms with van der Waals surface area (Å²) in [5, 5.41) is 12.1. The zero-order chi connectivity index (χ0) is 17.5. The lowest BCUT2D eigenvalue weighted by atomic mass is 10.1. The lowest BCUT2D eigenvalue weighted by Gasteiger charge is -2.05. The minimum Gasteiger partial charge on any atom is -0.325 e. The molecule has 0 aliphatic rings. The summed E-state index contributed by atoms with van der Waals surface area (Å²) in [7, 11) is 0. The van der Waals surface area contributed by atoms with Crippen molar-refractivity contribution in [3.8, 4) is 11.3 Å². The van der Waals surface area contributed by atoms with Gasteiger partial charge in [-0.05, 0) is 36.2 Å². The number of benzene rings is 2. The van der Waals surface area contributed by atoms with Gasteiger partial charge in [0.2, 0.25) is 5.91 Å². The summed E-state index contributed by atoms with van der Waals surface area (Å²) in [6.07, 6.45) is 1.02. The molecule has 0 saturated heterocycles. The molecule has 0 fully saturated rings. The fraction of sp³-hybridized carbons (Fsp3) is 0.150. The second-order valence-electron chi connectivity index (χ2n) is 5.51. The van der Waals surface area contributed by atoms with E-state index in [1.807, 2.05) is 42.5 Å². The SMILES string of the molecule is CCc1ccc(-c2ccc(SCC(=O)Nc3ccccc3)nn2)cc1. The van der Waals surface area contributed by atoms with Crippen molar-refractivity contribution in [2.45, 2.75) is 18.4 Å². The first-order chi connectivity index (χ1) is 12.2. The molecule has 3 aromatic rings. The molecule has 1 aromatic heterocycles. The van der Waals surface area contributed by atoms with Crippen LogP contribution >= 0.6 is 11.8 Å². The Labute approximate surface area is 151 Å². The molecule has 126 valence electrons. The molecule has 4 nitrogen and oxygen atoms in total. The molecule has 0 bridgehead atoms. The second-order valence-corrected chi connectivity index (χ2v) is 6.51. The van der Waals surface area contributed by atoms with Crippen molar-refractivity contribution in [2.75, 3.05) is 11.1 Å². The van der Waals surface area contributed by atoms with E-state index < -0.39 is 0 Å². The van der Waals surface area contributed by atoms with Gasteiger partial charge in [-0.1, -0.05) is 61.2 Å². The third-order valence-electron chi connectivity index (χ3n) is 3.71. The highest BCUT2D eigenvalue weighted by Gasteiger charge is 2.06. The average Bonchev–Trinajstić information content (AvgIpc) is 2.68. The monoisotopic (exact) mass is 349 g/mol. The van der Waals surface area contributed by atoms with E-state index in [4.69, 9.17) is 0 Å². The number of carbonyl (C=O) groups is 1. The Bertz CT molecular complexity index is 818. The normalized spacial score (nSPS) is 10.4. The Morgan fingerprint density at radius 1 is 0.960 bits per heavy atom. The van der Waals surface area contributed by atoms with Gasteiger partial charge in [-0.25, -0.2) is 0 Å². The van der Waals surface area contributed by atoms with Gasteiger partial charge in [0.15, 0.2) is 0 Å². The molecule has 25 heavy (non-hydrogen) atoms. The maximum Gasteiger partial charge on any atom is 0.234 e. The summed E-state index contributed by atoms with van der Waals surface area (Å²) >= 11 is 1.37. The molecular formula is C20H19N3OS. The molecule has 0 aliphatic heterocycles. The van der Waals surface area contributed by atoms with Gasteiger partial charge < -0.3 is 5.32 Å². The molecule has 0 saturated carbocycles. The Kier molecular flexibility index (Phi) is 5.80. The van der Waals surface area contributed by atoms with Gasteiger partial charge in [0.25, 0.3) is 0 Å². The van der Waals surface area contributed by atoms with Crippen molar-refractivity contribution < 1.29 is 4.79 Å². The van der Waals surface area contributed by atoms with Crippen LogP contribution in [0, 0.1) is 0 Å². The summed E-state index contributed by atoms with van der Waals surface area (Å²) < 4.78 is 0. The van der Waals surface area contributed by atoms with Crippen LogP contribution in [0.3, 0.4) is 0 Å². The van der Waals surface area contributed by atoms with Crippen molar-refractivity contribution in [2.24, 2.45) is 0 Å². The van der Waals surface area contributed by atoms with Gasteiger partial charge in [0, 0.05) is 11.3 Å². The zero-order valence-electron chi connectivity index (χ0n) is 14.0. The van der Waals surface area contributed by atoms with Crippen LogP contribution in [0.2, 0.25) is 0 Å². The van der Waals surface area contributed by atoms with Crippen LogP contribution in [-0.4, -0.2) is 21.9 Å². The topological polar surface area (TPSA) is 54.9 Å². The minimum atomic E-state index is -0.0581. The van der Waals surface area contributed by atoms with Crippen molar-refractivity contribution in [1.29, 1.82) is 0 Å². The Morgan fingerprint density at radius 3 is 2.36 bits per heavy atom. The van der Waals surface area contributed by atoms with Gasteiger partial charge in [-0.15, -0.1) is 10.2 Å². The number of carbonyl (C=O) groups excluding carboxylic acids is 1. The van der Waals surface area contributed by atoms with Crippen molar-refractivity contribution >= 4 is 23.4 Å².